The summed E-state index contributed by atoms with van der Waals surface area (Å²) in [4.78, 5) is 35.7. The molecule has 0 spiro atoms. The van der Waals surface area contributed by atoms with Crippen LogP contribution < -0.4 is 10.6 Å². The minimum absolute atomic E-state index is 0.0262. The highest BCUT2D eigenvalue weighted by Gasteiger charge is 2.36. The van der Waals surface area contributed by atoms with E-state index in [1.54, 1.807) is 0 Å². The van der Waals surface area contributed by atoms with Crippen LogP contribution in [0.3, 0.4) is 0 Å². The van der Waals surface area contributed by atoms with Gasteiger partial charge in [0.05, 0.1) is 24.2 Å². The molecule has 200 valence electrons. The molecule has 2 N–H and O–H groups in total. The lowest BCUT2D eigenvalue weighted by molar-refractivity contribution is -0.195. The maximum Gasteiger partial charge on any atom is 0.342 e. The Labute approximate surface area is 224 Å². The molecule has 0 saturated carbocycles. The van der Waals surface area contributed by atoms with Gasteiger partial charge in [0.15, 0.2) is 0 Å². The van der Waals surface area contributed by atoms with E-state index < -0.39 is 0 Å². The van der Waals surface area contributed by atoms with Crippen molar-refractivity contribution in [2.45, 2.75) is 75.9 Å². The highest BCUT2D eigenvalue weighted by atomic mass is 16.7. The van der Waals surface area contributed by atoms with Crippen LogP contribution >= 0.6 is 0 Å². The summed E-state index contributed by atoms with van der Waals surface area (Å²) in [7, 11) is 0. The SMILES string of the molecule is C[C@@H](NC(=O)N1O[C@@H]2C=C[C@H]1CC2)c1ccccc1.C[C@@H](NC(=O)N1O[C@H]2C=C[C@@H]1CC2)c1ccccc1. The van der Waals surface area contributed by atoms with E-state index in [2.05, 4.69) is 22.8 Å². The Hall–Kier alpha value is -3.62. The Kier molecular flexibility index (Phi) is 8.10. The van der Waals surface area contributed by atoms with Crippen molar-refractivity contribution >= 4 is 12.1 Å². The number of amides is 4. The molecule has 38 heavy (non-hydrogen) atoms. The van der Waals surface area contributed by atoms with E-state index in [9.17, 15) is 9.59 Å². The van der Waals surface area contributed by atoms with Crippen molar-refractivity contribution in [2.24, 2.45) is 0 Å². The largest absolute Gasteiger partial charge is 0.342 e. The fourth-order valence-electron chi connectivity index (χ4n) is 5.12. The predicted octanol–water partition coefficient (Wildman–Crippen LogP) is 5.58. The average Bonchev–Trinajstić information content (AvgIpc) is 2.99. The van der Waals surface area contributed by atoms with Gasteiger partial charge in [0.2, 0.25) is 0 Å². The number of fused-ring (bicyclic) bond motifs is 4. The molecule has 8 rings (SSSR count). The zero-order valence-corrected chi connectivity index (χ0v) is 21.9. The second kappa shape index (κ2) is 11.8. The van der Waals surface area contributed by atoms with Gasteiger partial charge in [0.25, 0.3) is 0 Å². The quantitative estimate of drug-likeness (QED) is 0.520. The van der Waals surface area contributed by atoms with Crippen LogP contribution in [0.1, 0.15) is 62.7 Å². The Bertz CT molecular complexity index is 1060. The second-order valence-electron chi connectivity index (χ2n) is 10.2. The third-order valence-corrected chi connectivity index (χ3v) is 7.37. The first-order chi connectivity index (χ1) is 18.5. The van der Waals surface area contributed by atoms with Crippen LogP contribution in [0.2, 0.25) is 0 Å². The van der Waals surface area contributed by atoms with E-state index in [-0.39, 0.29) is 48.4 Å². The van der Waals surface area contributed by atoms with Crippen LogP contribution in [-0.2, 0) is 9.68 Å². The van der Waals surface area contributed by atoms with Crippen LogP contribution in [0.15, 0.2) is 85.0 Å². The molecule has 2 aromatic rings. The van der Waals surface area contributed by atoms with Gasteiger partial charge >= 0.3 is 12.1 Å². The van der Waals surface area contributed by atoms with Gasteiger partial charge in [0, 0.05) is 0 Å². The molecular formula is C30H36N4O4. The lowest BCUT2D eigenvalue weighted by Gasteiger charge is -2.40. The molecule has 2 aliphatic carbocycles. The molecule has 4 amide bonds. The lowest BCUT2D eigenvalue weighted by Crippen LogP contribution is -2.52. The van der Waals surface area contributed by atoms with E-state index >= 15 is 0 Å². The maximum atomic E-state index is 12.2. The first-order valence-corrected chi connectivity index (χ1v) is 13.5. The summed E-state index contributed by atoms with van der Waals surface area (Å²) < 4.78 is 0. The number of carbonyl (C=O) groups is 2. The molecule has 6 aliphatic rings. The summed E-state index contributed by atoms with van der Waals surface area (Å²) in [6.45, 7) is 3.95. The molecule has 8 heteroatoms. The smallest absolute Gasteiger partial charge is 0.330 e. The Morgan fingerprint density at radius 2 is 1.05 bits per heavy atom. The second-order valence-corrected chi connectivity index (χ2v) is 10.2. The maximum absolute atomic E-state index is 12.2. The van der Waals surface area contributed by atoms with Gasteiger partial charge in [-0.3, -0.25) is 9.68 Å². The molecule has 0 radical (unpaired) electrons. The van der Waals surface area contributed by atoms with Crippen molar-refractivity contribution in [1.29, 1.82) is 0 Å². The van der Waals surface area contributed by atoms with Crippen molar-refractivity contribution in [1.82, 2.24) is 20.8 Å². The van der Waals surface area contributed by atoms with Crippen LogP contribution in [-0.4, -0.2) is 46.5 Å². The summed E-state index contributed by atoms with van der Waals surface area (Å²) in [6.07, 6.45) is 12.3. The monoisotopic (exact) mass is 516 g/mol. The number of rotatable bonds is 4. The third kappa shape index (κ3) is 6.09. The minimum atomic E-state index is -0.157. The van der Waals surface area contributed by atoms with Crippen molar-refractivity contribution in [3.05, 3.63) is 96.1 Å². The van der Waals surface area contributed by atoms with Crippen LogP contribution in [0.4, 0.5) is 9.59 Å². The van der Waals surface area contributed by atoms with Gasteiger partial charge in [-0.05, 0) is 50.7 Å². The van der Waals surface area contributed by atoms with Gasteiger partial charge in [-0.25, -0.2) is 9.59 Å². The van der Waals surface area contributed by atoms with Crippen LogP contribution in [0.25, 0.3) is 0 Å². The van der Waals surface area contributed by atoms with E-state index in [0.717, 1.165) is 36.8 Å². The molecule has 2 saturated heterocycles. The number of urea groups is 2. The van der Waals surface area contributed by atoms with Crippen molar-refractivity contribution in [2.75, 3.05) is 0 Å². The van der Waals surface area contributed by atoms with E-state index in [4.69, 9.17) is 9.68 Å². The number of carbonyl (C=O) groups excluding carboxylic acids is 2. The van der Waals surface area contributed by atoms with Crippen LogP contribution in [0.5, 0.6) is 0 Å². The number of hydroxylamine groups is 4. The molecule has 2 aromatic carbocycles. The van der Waals surface area contributed by atoms with Crippen molar-refractivity contribution < 1.29 is 19.3 Å². The first kappa shape index (κ1) is 26.0. The summed E-state index contributed by atoms with van der Waals surface area (Å²) in [6, 6.07) is 19.6. The highest BCUT2D eigenvalue weighted by molar-refractivity contribution is 5.75. The summed E-state index contributed by atoms with van der Waals surface area (Å²) in [5.41, 5.74) is 2.18. The normalized spacial score (nSPS) is 26.3. The molecule has 8 nitrogen and oxygen atoms in total. The molecule has 6 atom stereocenters. The average molecular weight is 517 g/mol. The van der Waals surface area contributed by atoms with Gasteiger partial charge in [-0.2, -0.15) is 10.1 Å². The topological polar surface area (TPSA) is 83.1 Å². The Morgan fingerprint density at radius 1 is 0.658 bits per heavy atom. The number of hydrogen-bond acceptors (Lipinski definition) is 4. The Morgan fingerprint density at radius 3 is 1.34 bits per heavy atom. The van der Waals surface area contributed by atoms with Crippen molar-refractivity contribution in [3.63, 3.8) is 0 Å². The van der Waals surface area contributed by atoms with E-state index in [1.165, 1.54) is 10.1 Å². The fraction of sp³-hybridized carbons (Fsp3) is 0.400. The number of nitrogens with zero attached hydrogens (tertiary/aromatic N) is 2. The highest BCUT2D eigenvalue weighted by Crippen LogP contribution is 2.29. The first-order valence-electron chi connectivity index (χ1n) is 13.5. The van der Waals surface area contributed by atoms with Gasteiger partial charge in [-0.1, -0.05) is 85.0 Å². The zero-order valence-electron chi connectivity index (χ0n) is 21.9. The van der Waals surface area contributed by atoms with E-state index in [0.29, 0.717) is 0 Å². The summed E-state index contributed by atoms with van der Waals surface area (Å²) in [5, 5.41) is 8.92. The number of nitrogens with one attached hydrogen (secondary N) is 2. The van der Waals surface area contributed by atoms with Gasteiger partial charge in [-0.15, -0.1) is 0 Å². The van der Waals surface area contributed by atoms with Crippen molar-refractivity contribution in [3.8, 4) is 0 Å². The standard InChI is InChI=1S/2C15H18N2O2/c2*1-11(12-5-3-2-4-6-12)16-15(18)17-13-7-9-14(19-17)10-8-13/h2*2-7,9,11,13-14H,8,10H2,1H3,(H,16,18)/t11-,13+,14-;11-,13-,14+/m11/s1. The van der Waals surface area contributed by atoms with Crippen LogP contribution in [0, 0.1) is 0 Å². The molecule has 0 aromatic heterocycles. The molecule has 4 aliphatic heterocycles. The van der Waals surface area contributed by atoms with Gasteiger partial charge in [0.1, 0.15) is 12.2 Å². The lowest BCUT2D eigenvalue weighted by atomic mass is 9.98. The van der Waals surface area contributed by atoms with Gasteiger partial charge < -0.3 is 10.6 Å². The third-order valence-electron chi connectivity index (χ3n) is 7.37. The molecular weight excluding hydrogens is 480 g/mol. The molecule has 4 heterocycles. The molecule has 2 fully saturated rings. The zero-order chi connectivity index (χ0) is 26.5. The number of benzene rings is 2. The summed E-state index contributed by atoms with van der Waals surface area (Å²) >= 11 is 0. The molecule has 0 unspecified atom stereocenters. The fourth-order valence-corrected chi connectivity index (χ4v) is 5.12. The Balaban J connectivity index is 0.000000155. The van der Waals surface area contributed by atoms with E-state index in [1.807, 2.05) is 86.7 Å². The molecule has 4 bridgehead atoms. The number of hydrogen-bond donors (Lipinski definition) is 2. The minimum Gasteiger partial charge on any atom is -0.330 e. The summed E-state index contributed by atoms with van der Waals surface area (Å²) in [5.74, 6) is 0. The predicted molar refractivity (Wildman–Crippen MR) is 145 cm³/mol.